The molecule has 0 spiro atoms. The van der Waals surface area contributed by atoms with Crippen LogP contribution in [-0.4, -0.2) is 44.1 Å². The Kier molecular flexibility index (Phi) is 6.73. The van der Waals surface area contributed by atoms with Gasteiger partial charge in [0, 0.05) is 31.1 Å². The second-order valence-electron chi connectivity index (χ2n) is 7.65. The highest BCUT2D eigenvalue weighted by molar-refractivity contribution is 5.94. The minimum absolute atomic E-state index is 0.0153. The van der Waals surface area contributed by atoms with Crippen LogP contribution in [0.5, 0.6) is 5.75 Å². The van der Waals surface area contributed by atoms with E-state index in [4.69, 9.17) is 4.74 Å². The van der Waals surface area contributed by atoms with Crippen LogP contribution in [0.25, 0.3) is 0 Å². The van der Waals surface area contributed by atoms with Crippen LogP contribution >= 0.6 is 0 Å². The summed E-state index contributed by atoms with van der Waals surface area (Å²) in [6.45, 7) is 1.07. The van der Waals surface area contributed by atoms with Gasteiger partial charge in [0.15, 0.2) is 0 Å². The van der Waals surface area contributed by atoms with Gasteiger partial charge in [-0.3, -0.25) is 4.79 Å². The van der Waals surface area contributed by atoms with E-state index in [-0.39, 0.29) is 12.0 Å². The van der Waals surface area contributed by atoms with Crippen LogP contribution in [0.2, 0.25) is 0 Å². The number of hydrogen-bond donors (Lipinski definition) is 1. The van der Waals surface area contributed by atoms with Crippen molar-refractivity contribution in [1.29, 1.82) is 0 Å². The van der Waals surface area contributed by atoms with E-state index >= 15 is 0 Å². The van der Waals surface area contributed by atoms with E-state index in [0.29, 0.717) is 37.4 Å². The number of nitrogens with one attached hydrogen (secondary N) is 1. The molecule has 0 bridgehead atoms. The predicted molar refractivity (Wildman–Crippen MR) is 106 cm³/mol. The van der Waals surface area contributed by atoms with E-state index in [1.165, 1.54) is 19.1 Å². The maximum Gasteiger partial charge on any atom is 0.416 e. The molecule has 2 aromatic rings. The number of halogens is 6. The van der Waals surface area contributed by atoms with Gasteiger partial charge >= 0.3 is 12.4 Å². The zero-order valence-electron chi connectivity index (χ0n) is 17.3. The van der Waals surface area contributed by atoms with Crippen LogP contribution < -0.4 is 10.1 Å². The molecule has 10 heteroatoms. The monoisotopic (exact) mass is 460 g/mol. The Morgan fingerprint density at radius 3 is 2.06 bits per heavy atom. The van der Waals surface area contributed by atoms with Gasteiger partial charge in [-0.1, -0.05) is 12.1 Å². The molecule has 0 saturated carbocycles. The smallest absolute Gasteiger partial charge is 0.416 e. The topological polar surface area (TPSA) is 41.6 Å². The van der Waals surface area contributed by atoms with Gasteiger partial charge in [-0.2, -0.15) is 26.3 Å². The fourth-order valence-electron chi connectivity index (χ4n) is 3.93. The molecule has 0 radical (unpaired) electrons. The molecule has 0 aliphatic carbocycles. The predicted octanol–water partition coefficient (Wildman–Crippen LogP) is 4.95. The molecule has 1 aliphatic heterocycles. The molecule has 174 valence electrons. The summed E-state index contributed by atoms with van der Waals surface area (Å²) in [4.78, 5) is 14.3. The third-order valence-corrected chi connectivity index (χ3v) is 5.64. The standard InChI is InChI=1S/C22H22F6N2O2/c1-30(19-7-8-29-12-18(19)13-3-5-17(32-2)6-4-13)20(31)14-9-15(21(23,24)25)11-16(10-14)22(26,27)28/h3-6,9-11,18-19,29H,7-8,12H2,1-2H3. The first kappa shape index (κ1) is 23.9. The molecule has 1 heterocycles. The molecule has 2 unspecified atom stereocenters. The zero-order valence-corrected chi connectivity index (χ0v) is 17.3. The van der Waals surface area contributed by atoms with E-state index in [1.54, 1.807) is 12.1 Å². The van der Waals surface area contributed by atoms with Gasteiger partial charge in [-0.05, 0) is 48.9 Å². The molecule has 1 saturated heterocycles. The number of benzene rings is 2. The van der Waals surface area contributed by atoms with Crippen molar-refractivity contribution in [3.63, 3.8) is 0 Å². The molecule has 0 aromatic heterocycles. The first-order valence-electron chi connectivity index (χ1n) is 9.83. The molecular weight excluding hydrogens is 438 g/mol. The van der Waals surface area contributed by atoms with Gasteiger partial charge in [-0.15, -0.1) is 0 Å². The van der Waals surface area contributed by atoms with Gasteiger partial charge in [0.1, 0.15) is 5.75 Å². The van der Waals surface area contributed by atoms with Crippen molar-refractivity contribution < 1.29 is 35.9 Å². The molecule has 2 aromatic carbocycles. The van der Waals surface area contributed by atoms with E-state index in [2.05, 4.69) is 5.32 Å². The number of likely N-dealkylation sites (N-methyl/N-ethyl adjacent to an activating group) is 1. The quantitative estimate of drug-likeness (QED) is 0.657. The van der Waals surface area contributed by atoms with Gasteiger partial charge in [0.25, 0.3) is 5.91 Å². The minimum Gasteiger partial charge on any atom is -0.497 e. The second-order valence-corrected chi connectivity index (χ2v) is 7.65. The third-order valence-electron chi connectivity index (χ3n) is 5.64. The van der Waals surface area contributed by atoms with Gasteiger partial charge in [-0.25, -0.2) is 0 Å². The SMILES string of the molecule is COc1ccc(C2CNCCC2N(C)C(=O)c2cc(C(F)(F)F)cc(C(F)(F)F)c2)cc1. The third kappa shape index (κ3) is 5.17. The van der Waals surface area contributed by atoms with Crippen LogP contribution in [0.4, 0.5) is 26.3 Å². The average Bonchev–Trinajstić information content (AvgIpc) is 2.76. The molecule has 1 fully saturated rings. The normalized spacial score (nSPS) is 19.5. The number of carbonyl (C=O) groups is 1. The van der Waals surface area contributed by atoms with E-state index in [9.17, 15) is 31.1 Å². The number of nitrogens with zero attached hydrogens (tertiary/aromatic N) is 1. The molecule has 1 aliphatic rings. The number of rotatable bonds is 4. The van der Waals surface area contributed by atoms with Crippen molar-refractivity contribution in [3.8, 4) is 5.75 Å². The van der Waals surface area contributed by atoms with Gasteiger partial charge in [0.2, 0.25) is 0 Å². The van der Waals surface area contributed by atoms with E-state index in [0.717, 1.165) is 5.56 Å². The van der Waals surface area contributed by atoms with Crippen molar-refractivity contribution in [2.45, 2.75) is 30.7 Å². The number of methoxy groups -OCH3 is 1. The first-order chi connectivity index (χ1) is 14.9. The lowest BCUT2D eigenvalue weighted by atomic mass is 9.85. The highest BCUT2D eigenvalue weighted by atomic mass is 19.4. The fourth-order valence-corrected chi connectivity index (χ4v) is 3.93. The zero-order chi connectivity index (χ0) is 23.7. The van der Waals surface area contributed by atoms with Crippen LogP contribution in [0.1, 0.15) is 39.4 Å². The van der Waals surface area contributed by atoms with Gasteiger partial charge in [0.05, 0.1) is 18.2 Å². The van der Waals surface area contributed by atoms with Crippen molar-refractivity contribution in [2.24, 2.45) is 0 Å². The summed E-state index contributed by atoms with van der Waals surface area (Å²) in [6, 6.07) is 7.70. The Morgan fingerprint density at radius 1 is 1.00 bits per heavy atom. The van der Waals surface area contributed by atoms with Crippen molar-refractivity contribution >= 4 is 5.91 Å². The van der Waals surface area contributed by atoms with Gasteiger partial charge < -0.3 is 15.0 Å². The van der Waals surface area contributed by atoms with E-state index in [1.807, 2.05) is 12.1 Å². The largest absolute Gasteiger partial charge is 0.497 e. The highest BCUT2D eigenvalue weighted by Crippen LogP contribution is 2.37. The number of carbonyl (C=O) groups excluding carboxylic acids is 1. The van der Waals surface area contributed by atoms with Crippen LogP contribution in [-0.2, 0) is 12.4 Å². The minimum atomic E-state index is -5.02. The molecule has 1 N–H and O–H groups in total. The lowest BCUT2D eigenvalue weighted by molar-refractivity contribution is -0.143. The highest BCUT2D eigenvalue weighted by Gasteiger charge is 2.39. The van der Waals surface area contributed by atoms with Crippen molar-refractivity contribution in [2.75, 3.05) is 27.2 Å². The van der Waals surface area contributed by atoms with Crippen LogP contribution in [0.15, 0.2) is 42.5 Å². The van der Waals surface area contributed by atoms with E-state index < -0.39 is 41.0 Å². The Bertz CT molecular complexity index is 924. The average molecular weight is 460 g/mol. The summed E-state index contributed by atoms with van der Waals surface area (Å²) in [5.74, 6) is -0.453. The Morgan fingerprint density at radius 2 is 1.56 bits per heavy atom. The summed E-state index contributed by atoms with van der Waals surface area (Å²) in [5.41, 5.74) is -2.80. The number of amides is 1. The lowest BCUT2D eigenvalue weighted by Crippen LogP contribution is -2.49. The molecule has 3 rings (SSSR count). The van der Waals surface area contributed by atoms with Crippen molar-refractivity contribution in [1.82, 2.24) is 10.2 Å². The van der Waals surface area contributed by atoms with Crippen LogP contribution in [0.3, 0.4) is 0 Å². The maximum absolute atomic E-state index is 13.2. The molecule has 32 heavy (non-hydrogen) atoms. The lowest BCUT2D eigenvalue weighted by Gasteiger charge is -2.39. The number of alkyl halides is 6. The Labute approximate surface area is 181 Å². The van der Waals surface area contributed by atoms with Crippen molar-refractivity contribution in [3.05, 3.63) is 64.7 Å². The Balaban J connectivity index is 1.95. The first-order valence-corrected chi connectivity index (χ1v) is 9.83. The summed E-state index contributed by atoms with van der Waals surface area (Å²) in [5, 5.41) is 3.22. The second kappa shape index (κ2) is 9.01. The summed E-state index contributed by atoms with van der Waals surface area (Å²) in [6.07, 6.45) is -9.55. The summed E-state index contributed by atoms with van der Waals surface area (Å²) < 4.78 is 84.3. The molecule has 2 atom stereocenters. The molecule has 1 amide bonds. The molecule has 4 nitrogen and oxygen atoms in total. The number of piperidine rings is 1. The Hall–Kier alpha value is -2.75. The van der Waals surface area contributed by atoms with Crippen LogP contribution in [0, 0.1) is 0 Å². The number of hydrogen-bond acceptors (Lipinski definition) is 3. The fraction of sp³-hybridized carbons (Fsp3) is 0.409. The summed E-state index contributed by atoms with van der Waals surface area (Å²) >= 11 is 0. The summed E-state index contributed by atoms with van der Waals surface area (Å²) in [7, 11) is 2.93. The molecular formula is C22H22F6N2O2. The maximum atomic E-state index is 13.2. The number of ether oxygens (including phenoxy) is 1.